The largest absolute Gasteiger partial charge is 0.380 e. The van der Waals surface area contributed by atoms with Gasteiger partial charge in [-0.05, 0) is 127 Å². The Hall–Kier alpha value is -9.32. The zero-order valence-electron chi connectivity index (χ0n) is 41.7. The van der Waals surface area contributed by atoms with Gasteiger partial charge in [0.1, 0.15) is 11.2 Å². The molecular formula is C72H52N2O2. The Labute approximate surface area is 443 Å². The van der Waals surface area contributed by atoms with E-state index in [-0.39, 0.29) is 0 Å². The first-order chi connectivity index (χ1) is 37.5. The summed E-state index contributed by atoms with van der Waals surface area (Å²) in [7, 11) is 0. The van der Waals surface area contributed by atoms with Crippen molar-refractivity contribution >= 4 is 55.7 Å². The maximum absolute atomic E-state index is 15.4. The van der Waals surface area contributed by atoms with Crippen molar-refractivity contribution in [1.29, 1.82) is 0 Å². The molecule has 76 heavy (non-hydrogen) atoms. The van der Waals surface area contributed by atoms with Gasteiger partial charge in [-0.25, -0.2) is 0 Å². The van der Waals surface area contributed by atoms with Gasteiger partial charge in [0, 0.05) is 45.4 Å². The summed E-state index contributed by atoms with van der Waals surface area (Å²) in [6, 6.07) is 101. The summed E-state index contributed by atoms with van der Waals surface area (Å²) in [6.45, 7) is 0. The van der Waals surface area contributed by atoms with E-state index in [0.717, 1.165) is 111 Å². The van der Waals surface area contributed by atoms with Crippen molar-refractivity contribution in [2.24, 2.45) is 0 Å². The van der Waals surface area contributed by atoms with Gasteiger partial charge in [0.05, 0.1) is 11.4 Å². The van der Waals surface area contributed by atoms with Crippen LogP contribution in [-0.4, -0.2) is 10.2 Å². The van der Waals surface area contributed by atoms with Crippen LogP contribution >= 0.6 is 0 Å². The van der Waals surface area contributed by atoms with Crippen LogP contribution in [-0.2, 0) is 11.2 Å². The third kappa shape index (κ3) is 6.92. The van der Waals surface area contributed by atoms with Gasteiger partial charge < -0.3 is 20.0 Å². The van der Waals surface area contributed by atoms with Crippen LogP contribution in [0.1, 0.15) is 45.2 Å². The monoisotopic (exact) mass is 976 g/mol. The highest BCUT2D eigenvalue weighted by atomic mass is 16.3. The number of nitrogens with zero attached hydrogens (tertiary/aromatic N) is 2. The summed E-state index contributed by atoms with van der Waals surface area (Å²) in [6.07, 6.45) is 0. The molecule has 0 fully saturated rings. The maximum atomic E-state index is 15.4. The van der Waals surface area contributed by atoms with Crippen LogP contribution in [0, 0.1) is 0 Å². The van der Waals surface area contributed by atoms with Crippen LogP contribution in [0.15, 0.2) is 291 Å². The van der Waals surface area contributed by atoms with E-state index in [9.17, 15) is 0 Å². The predicted octanol–water partition coefficient (Wildman–Crippen LogP) is 17.6. The third-order valence-corrected chi connectivity index (χ3v) is 16.2. The smallest absolute Gasteiger partial charge is 0.123 e. The zero-order valence-corrected chi connectivity index (χ0v) is 41.7. The van der Waals surface area contributed by atoms with E-state index in [1.165, 1.54) is 0 Å². The number of para-hydroxylation sites is 4. The minimum atomic E-state index is -1.73. The number of hydrogen-bond donors (Lipinski definition) is 2. The van der Waals surface area contributed by atoms with E-state index in [1.807, 2.05) is 36.4 Å². The Kier molecular flexibility index (Phi) is 10.9. The van der Waals surface area contributed by atoms with Gasteiger partial charge in [-0.2, -0.15) is 0 Å². The summed E-state index contributed by atoms with van der Waals surface area (Å²) >= 11 is 0. The van der Waals surface area contributed by atoms with E-state index >= 15 is 10.2 Å². The first kappa shape index (κ1) is 45.3. The SMILES string of the molecule is OC1(c2ccccc2-c2ccccc2)c2cc(N(c3ccccc3)c3ccccc3)c3ccccc3c2C2C1c1c(cc(N(c3ccccc3)c3ccccc3)c3ccccc13)C2(O)c1ccccc1-c1ccccc1. The van der Waals surface area contributed by atoms with Crippen molar-refractivity contribution in [2.45, 2.75) is 23.0 Å². The average molecular weight is 977 g/mol. The van der Waals surface area contributed by atoms with Gasteiger partial charge in [-0.1, -0.05) is 231 Å². The molecule has 0 bridgehead atoms. The standard InChI is InChI=1S/C72H52N2O2/c75-71(61-45-25-23-39-55(61)49-27-7-1-8-28-49)63-47-65(73(51-31-11-3-12-32-51)52-33-13-4-14-34-52)57-41-19-21-43-59(57)67(63)70-69(71)68-60-44-22-20-42-58(60)66(74(53-35-15-5-16-36-53)54-37-17-6-18-38-54)48-64(68)72(70,76)62-46-26-24-40-56(62)50-29-9-2-10-30-50/h1-48,69-70,75-76H. The van der Waals surface area contributed by atoms with E-state index in [1.54, 1.807) is 0 Å². The van der Waals surface area contributed by atoms with Crippen LogP contribution in [0.3, 0.4) is 0 Å². The second-order valence-corrected chi connectivity index (χ2v) is 20.1. The zero-order chi connectivity index (χ0) is 50.8. The molecule has 0 aromatic heterocycles. The second kappa shape index (κ2) is 18.3. The third-order valence-electron chi connectivity index (χ3n) is 16.2. The number of hydrogen-bond acceptors (Lipinski definition) is 4. The van der Waals surface area contributed by atoms with Gasteiger partial charge >= 0.3 is 0 Å². The number of aliphatic hydroxyl groups is 2. The molecule has 4 heteroatoms. The van der Waals surface area contributed by atoms with Crippen molar-refractivity contribution < 1.29 is 10.2 Å². The maximum Gasteiger partial charge on any atom is 0.123 e. The van der Waals surface area contributed by atoms with Gasteiger partial charge in [0.2, 0.25) is 0 Å². The lowest BCUT2D eigenvalue weighted by Gasteiger charge is -2.36. The molecule has 0 saturated heterocycles. The molecule has 12 aromatic carbocycles. The van der Waals surface area contributed by atoms with Gasteiger partial charge in [0.25, 0.3) is 0 Å². The van der Waals surface area contributed by atoms with Crippen LogP contribution in [0.2, 0.25) is 0 Å². The van der Waals surface area contributed by atoms with Crippen molar-refractivity contribution in [2.75, 3.05) is 9.80 Å². The fourth-order valence-corrected chi connectivity index (χ4v) is 13.2. The van der Waals surface area contributed by atoms with Gasteiger partial charge in [-0.3, -0.25) is 0 Å². The Bertz CT molecular complexity index is 3750. The van der Waals surface area contributed by atoms with Crippen molar-refractivity contribution in [3.63, 3.8) is 0 Å². The number of rotatable bonds is 10. The molecule has 0 aliphatic heterocycles. The summed E-state index contributed by atoms with van der Waals surface area (Å²) in [5.41, 5.74) is 11.1. The molecule has 4 nitrogen and oxygen atoms in total. The highest BCUT2D eigenvalue weighted by Gasteiger charge is 2.67. The van der Waals surface area contributed by atoms with Crippen LogP contribution in [0.25, 0.3) is 43.8 Å². The highest BCUT2D eigenvalue weighted by Crippen LogP contribution is 2.73. The summed E-state index contributed by atoms with van der Waals surface area (Å²) < 4.78 is 0. The van der Waals surface area contributed by atoms with Gasteiger partial charge in [-0.15, -0.1) is 0 Å². The average Bonchev–Trinajstić information content (AvgIpc) is 3.70. The number of benzene rings is 12. The number of fused-ring (bicyclic) bond motifs is 9. The van der Waals surface area contributed by atoms with Gasteiger partial charge in [0.15, 0.2) is 0 Å². The molecule has 4 unspecified atom stereocenters. The second-order valence-electron chi connectivity index (χ2n) is 20.1. The quantitative estimate of drug-likeness (QED) is 0.143. The topological polar surface area (TPSA) is 46.9 Å². The van der Waals surface area contributed by atoms with Crippen LogP contribution < -0.4 is 9.80 Å². The first-order valence-electron chi connectivity index (χ1n) is 26.2. The Morgan fingerprint density at radius 1 is 0.263 bits per heavy atom. The number of anilines is 6. The highest BCUT2D eigenvalue weighted by molar-refractivity contribution is 6.06. The molecule has 0 amide bonds. The van der Waals surface area contributed by atoms with Crippen molar-refractivity contribution in [3.8, 4) is 22.3 Å². The van der Waals surface area contributed by atoms with Crippen LogP contribution in [0.4, 0.5) is 34.1 Å². The lowest BCUT2D eigenvalue weighted by Crippen LogP contribution is -2.35. The summed E-state index contributed by atoms with van der Waals surface area (Å²) in [5.74, 6) is -1.42. The lowest BCUT2D eigenvalue weighted by atomic mass is 9.72. The van der Waals surface area contributed by atoms with E-state index in [4.69, 9.17) is 0 Å². The Morgan fingerprint density at radius 2 is 0.526 bits per heavy atom. The minimum absolute atomic E-state index is 0.711. The molecule has 0 heterocycles. The molecule has 12 aromatic rings. The van der Waals surface area contributed by atoms with E-state index in [2.05, 4.69) is 265 Å². The molecule has 362 valence electrons. The normalized spacial score (nSPS) is 18.2. The molecule has 14 rings (SSSR count). The Balaban J connectivity index is 1.17. The molecular weight excluding hydrogens is 925 g/mol. The molecule has 2 aliphatic carbocycles. The molecule has 0 radical (unpaired) electrons. The van der Waals surface area contributed by atoms with Crippen molar-refractivity contribution in [3.05, 3.63) is 325 Å². The molecule has 2 N–H and O–H groups in total. The fourth-order valence-electron chi connectivity index (χ4n) is 13.2. The first-order valence-corrected chi connectivity index (χ1v) is 26.2. The molecule has 4 atom stereocenters. The summed E-state index contributed by atoms with van der Waals surface area (Å²) in [5, 5.41) is 34.8. The lowest BCUT2D eigenvalue weighted by molar-refractivity contribution is 0.0147. The molecule has 2 aliphatic rings. The minimum Gasteiger partial charge on any atom is -0.380 e. The molecule has 0 saturated carbocycles. The Morgan fingerprint density at radius 3 is 0.855 bits per heavy atom. The van der Waals surface area contributed by atoms with Crippen LogP contribution in [0.5, 0.6) is 0 Å². The van der Waals surface area contributed by atoms with E-state index in [0.29, 0.717) is 0 Å². The summed E-state index contributed by atoms with van der Waals surface area (Å²) in [4.78, 5) is 4.63. The molecule has 0 spiro atoms. The fraction of sp³-hybridized carbons (Fsp3) is 0.0556. The van der Waals surface area contributed by atoms with E-state index < -0.39 is 23.0 Å². The van der Waals surface area contributed by atoms with Crippen molar-refractivity contribution in [1.82, 2.24) is 0 Å². The predicted molar refractivity (Wildman–Crippen MR) is 312 cm³/mol.